The molecule has 3 nitrogen and oxygen atoms in total. The van der Waals surface area contributed by atoms with Crippen LogP contribution in [0.25, 0.3) is 0 Å². The Labute approximate surface area is 120 Å². The third-order valence-corrected chi connectivity index (χ3v) is 5.13. The summed E-state index contributed by atoms with van der Waals surface area (Å²) >= 11 is 0. The molecule has 0 heterocycles. The van der Waals surface area contributed by atoms with Crippen molar-refractivity contribution in [1.29, 1.82) is 0 Å². The standard InChI is InChI=1S/C17H23NO2/c1-13-4-2-5-14(10-13)17(6-3-7-17)15(20)18-11-16(12-19)8-9-16/h2,4-5,10,19H,3,6-9,11-12H2,1H3,(H,18,20). The second kappa shape index (κ2) is 4.88. The zero-order valence-corrected chi connectivity index (χ0v) is 12.1. The Balaban J connectivity index is 1.73. The molecule has 0 aromatic heterocycles. The van der Waals surface area contributed by atoms with Crippen molar-refractivity contribution in [3.63, 3.8) is 0 Å². The van der Waals surface area contributed by atoms with Crippen molar-refractivity contribution in [3.8, 4) is 0 Å². The van der Waals surface area contributed by atoms with Crippen LogP contribution >= 0.6 is 0 Å². The summed E-state index contributed by atoms with van der Waals surface area (Å²) in [5.41, 5.74) is 2.01. The molecule has 0 atom stereocenters. The quantitative estimate of drug-likeness (QED) is 0.865. The third kappa shape index (κ3) is 2.24. The number of rotatable bonds is 5. The Morgan fingerprint density at radius 3 is 2.55 bits per heavy atom. The van der Waals surface area contributed by atoms with Crippen LogP contribution in [0, 0.1) is 12.3 Å². The maximum Gasteiger partial charge on any atom is 0.230 e. The van der Waals surface area contributed by atoms with E-state index in [0.29, 0.717) is 6.54 Å². The highest BCUT2D eigenvalue weighted by atomic mass is 16.3. The van der Waals surface area contributed by atoms with E-state index in [9.17, 15) is 9.90 Å². The fraction of sp³-hybridized carbons (Fsp3) is 0.588. The van der Waals surface area contributed by atoms with Crippen molar-refractivity contribution in [1.82, 2.24) is 5.32 Å². The predicted octanol–water partition coefficient (Wildman–Crippen LogP) is 2.31. The number of hydrogen-bond donors (Lipinski definition) is 2. The Kier molecular flexibility index (Phi) is 3.33. The fourth-order valence-corrected chi connectivity index (χ4v) is 3.12. The highest BCUT2D eigenvalue weighted by Gasteiger charge is 2.48. The first kappa shape index (κ1) is 13.6. The van der Waals surface area contributed by atoms with Gasteiger partial charge in [0.2, 0.25) is 5.91 Å². The topological polar surface area (TPSA) is 49.3 Å². The van der Waals surface area contributed by atoms with Crippen LogP contribution in [0.15, 0.2) is 24.3 Å². The van der Waals surface area contributed by atoms with Gasteiger partial charge in [0.05, 0.1) is 12.0 Å². The van der Waals surface area contributed by atoms with Crippen LogP contribution in [0.2, 0.25) is 0 Å². The predicted molar refractivity (Wildman–Crippen MR) is 78.5 cm³/mol. The maximum absolute atomic E-state index is 12.7. The number of aryl methyl sites for hydroxylation is 1. The molecule has 2 fully saturated rings. The average molecular weight is 273 g/mol. The van der Waals surface area contributed by atoms with Gasteiger partial charge in [-0.15, -0.1) is 0 Å². The Morgan fingerprint density at radius 2 is 2.05 bits per heavy atom. The van der Waals surface area contributed by atoms with Crippen LogP contribution in [0.3, 0.4) is 0 Å². The van der Waals surface area contributed by atoms with Crippen LogP contribution in [0.4, 0.5) is 0 Å². The first-order valence-corrected chi connectivity index (χ1v) is 7.57. The molecule has 0 saturated heterocycles. The van der Waals surface area contributed by atoms with Gasteiger partial charge in [-0.1, -0.05) is 36.2 Å². The van der Waals surface area contributed by atoms with E-state index in [1.165, 1.54) is 5.56 Å². The molecular weight excluding hydrogens is 250 g/mol. The molecule has 20 heavy (non-hydrogen) atoms. The molecule has 0 spiro atoms. The van der Waals surface area contributed by atoms with Crippen molar-refractivity contribution in [3.05, 3.63) is 35.4 Å². The normalized spacial score (nSPS) is 21.9. The summed E-state index contributed by atoms with van der Waals surface area (Å²) < 4.78 is 0. The highest BCUT2D eigenvalue weighted by Crippen LogP contribution is 2.46. The molecule has 0 radical (unpaired) electrons. The van der Waals surface area contributed by atoms with Crippen molar-refractivity contribution >= 4 is 5.91 Å². The SMILES string of the molecule is Cc1cccc(C2(C(=O)NCC3(CO)CC3)CCC2)c1. The Morgan fingerprint density at radius 1 is 1.30 bits per heavy atom. The van der Waals surface area contributed by atoms with Gasteiger partial charge in [0.1, 0.15) is 0 Å². The monoisotopic (exact) mass is 273 g/mol. The molecule has 108 valence electrons. The minimum Gasteiger partial charge on any atom is -0.396 e. The molecule has 0 bridgehead atoms. The van der Waals surface area contributed by atoms with E-state index in [-0.39, 0.29) is 23.3 Å². The summed E-state index contributed by atoms with van der Waals surface area (Å²) in [6.45, 7) is 2.87. The summed E-state index contributed by atoms with van der Waals surface area (Å²) in [6.07, 6.45) is 5.05. The lowest BCUT2D eigenvalue weighted by molar-refractivity contribution is -0.130. The minimum atomic E-state index is -0.322. The Hall–Kier alpha value is -1.35. The molecular formula is C17H23NO2. The van der Waals surface area contributed by atoms with Crippen molar-refractivity contribution in [2.75, 3.05) is 13.2 Å². The fourth-order valence-electron chi connectivity index (χ4n) is 3.12. The molecule has 2 aliphatic rings. The summed E-state index contributed by atoms with van der Waals surface area (Å²) in [5.74, 6) is 0.147. The van der Waals surface area contributed by atoms with E-state index in [1.54, 1.807) is 0 Å². The molecule has 1 aromatic carbocycles. The number of aliphatic hydroxyl groups is 1. The summed E-state index contributed by atoms with van der Waals surface area (Å²) in [5, 5.41) is 12.4. The van der Waals surface area contributed by atoms with Gasteiger partial charge in [0, 0.05) is 12.0 Å². The number of amides is 1. The van der Waals surface area contributed by atoms with Gasteiger partial charge in [0.25, 0.3) is 0 Å². The van der Waals surface area contributed by atoms with Crippen LogP contribution in [0.1, 0.15) is 43.2 Å². The van der Waals surface area contributed by atoms with Gasteiger partial charge in [-0.2, -0.15) is 0 Å². The lowest BCUT2D eigenvalue weighted by Crippen LogP contribution is -2.50. The second-order valence-corrected chi connectivity index (χ2v) is 6.65. The van der Waals surface area contributed by atoms with Gasteiger partial charge in [-0.05, 0) is 38.2 Å². The first-order chi connectivity index (χ1) is 9.60. The molecule has 2 N–H and O–H groups in total. The van der Waals surface area contributed by atoms with E-state index >= 15 is 0 Å². The Bertz CT molecular complexity index is 515. The van der Waals surface area contributed by atoms with Crippen LogP contribution < -0.4 is 5.32 Å². The number of nitrogens with one attached hydrogen (secondary N) is 1. The number of carbonyl (C=O) groups excluding carboxylic acids is 1. The number of benzene rings is 1. The molecule has 0 aliphatic heterocycles. The molecule has 0 unspecified atom stereocenters. The zero-order chi connectivity index (χ0) is 14.2. The second-order valence-electron chi connectivity index (χ2n) is 6.65. The van der Waals surface area contributed by atoms with E-state index in [4.69, 9.17) is 0 Å². The van der Waals surface area contributed by atoms with Gasteiger partial charge in [0.15, 0.2) is 0 Å². The summed E-state index contributed by atoms with van der Waals surface area (Å²) in [7, 11) is 0. The van der Waals surface area contributed by atoms with Crippen LogP contribution in [-0.2, 0) is 10.2 Å². The van der Waals surface area contributed by atoms with Gasteiger partial charge < -0.3 is 10.4 Å². The summed E-state index contributed by atoms with van der Waals surface area (Å²) in [6, 6.07) is 8.31. The van der Waals surface area contributed by atoms with E-state index in [2.05, 4.69) is 30.4 Å². The first-order valence-electron chi connectivity index (χ1n) is 7.57. The van der Waals surface area contributed by atoms with Crippen LogP contribution in [0.5, 0.6) is 0 Å². The smallest absolute Gasteiger partial charge is 0.230 e. The van der Waals surface area contributed by atoms with E-state index in [0.717, 1.165) is 37.7 Å². The van der Waals surface area contributed by atoms with Crippen molar-refractivity contribution in [2.45, 2.75) is 44.4 Å². The lowest BCUT2D eigenvalue weighted by atomic mass is 9.63. The molecule has 1 amide bonds. The van der Waals surface area contributed by atoms with Crippen molar-refractivity contribution < 1.29 is 9.90 Å². The van der Waals surface area contributed by atoms with Gasteiger partial charge in [-0.25, -0.2) is 0 Å². The number of carbonyl (C=O) groups is 1. The van der Waals surface area contributed by atoms with Crippen molar-refractivity contribution in [2.24, 2.45) is 5.41 Å². The number of hydrogen-bond acceptors (Lipinski definition) is 2. The molecule has 2 saturated carbocycles. The van der Waals surface area contributed by atoms with Crippen LogP contribution in [-0.4, -0.2) is 24.2 Å². The molecule has 2 aliphatic carbocycles. The third-order valence-electron chi connectivity index (χ3n) is 5.13. The molecule has 1 aromatic rings. The van der Waals surface area contributed by atoms with Gasteiger partial charge >= 0.3 is 0 Å². The lowest BCUT2D eigenvalue weighted by Gasteiger charge is -2.41. The summed E-state index contributed by atoms with van der Waals surface area (Å²) in [4.78, 5) is 12.7. The molecule has 3 heteroatoms. The minimum absolute atomic E-state index is 0.0206. The van der Waals surface area contributed by atoms with Gasteiger partial charge in [-0.3, -0.25) is 4.79 Å². The van der Waals surface area contributed by atoms with E-state index < -0.39 is 0 Å². The number of aliphatic hydroxyl groups excluding tert-OH is 1. The van der Waals surface area contributed by atoms with E-state index in [1.807, 2.05) is 6.07 Å². The molecule has 3 rings (SSSR count). The highest BCUT2D eigenvalue weighted by molar-refractivity contribution is 5.89. The zero-order valence-electron chi connectivity index (χ0n) is 12.1. The average Bonchev–Trinajstić information content (AvgIpc) is 3.16. The largest absolute Gasteiger partial charge is 0.396 e. The maximum atomic E-state index is 12.7.